The molecule has 2 rings (SSSR count). The molecular weight excluding hydrogens is 286 g/mol. The molecule has 0 aliphatic carbocycles. The van der Waals surface area contributed by atoms with Crippen LogP contribution in [0.4, 0.5) is 5.69 Å². The van der Waals surface area contributed by atoms with Crippen molar-refractivity contribution < 1.29 is 14.8 Å². The van der Waals surface area contributed by atoms with E-state index in [9.17, 15) is 14.9 Å². The molecule has 1 unspecified atom stereocenters. The Labute approximate surface area is 120 Å². The second-order valence-electron chi connectivity index (χ2n) is 4.70. The number of rotatable bonds is 4. The molecule has 1 atom stereocenters. The van der Waals surface area contributed by atoms with Crippen molar-refractivity contribution in [3.8, 4) is 0 Å². The Kier molecular flexibility index (Phi) is 4.51. The van der Waals surface area contributed by atoms with Crippen LogP contribution in [0, 0.1) is 16.0 Å². The number of pyridine rings is 1. The van der Waals surface area contributed by atoms with Crippen molar-refractivity contribution in [1.29, 1.82) is 0 Å². The molecule has 1 amide bonds. The second-order valence-corrected chi connectivity index (χ2v) is 5.09. The fraction of sp³-hybridized carbons (Fsp3) is 0.500. The van der Waals surface area contributed by atoms with E-state index in [4.69, 9.17) is 16.7 Å². The van der Waals surface area contributed by atoms with Gasteiger partial charge in [0.05, 0.1) is 4.92 Å². The summed E-state index contributed by atoms with van der Waals surface area (Å²) in [7, 11) is 0. The summed E-state index contributed by atoms with van der Waals surface area (Å²) in [6.45, 7) is 1.10. The maximum absolute atomic E-state index is 12.3. The summed E-state index contributed by atoms with van der Waals surface area (Å²) in [6, 6.07) is 1.22. The van der Waals surface area contributed by atoms with Crippen LogP contribution in [0.3, 0.4) is 0 Å². The van der Waals surface area contributed by atoms with Gasteiger partial charge < -0.3 is 10.0 Å². The van der Waals surface area contributed by atoms with Gasteiger partial charge >= 0.3 is 0 Å². The van der Waals surface area contributed by atoms with Crippen LogP contribution in [-0.4, -0.2) is 45.5 Å². The van der Waals surface area contributed by atoms with Gasteiger partial charge in [-0.2, -0.15) is 0 Å². The van der Waals surface area contributed by atoms with Gasteiger partial charge in [0.25, 0.3) is 11.6 Å². The van der Waals surface area contributed by atoms with E-state index < -0.39 is 10.8 Å². The number of aromatic nitrogens is 1. The monoisotopic (exact) mass is 299 g/mol. The predicted molar refractivity (Wildman–Crippen MR) is 71.6 cm³/mol. The highest BCUT2D eigenvalue weighted by Gasteiger charge is 2.30. The summed E-state index contributed by atoms with van der Waals surface area (Å²) in [6.07, 6.45) is 2.42. The quantitative estimate of drug-likeness (QED) is 0.516. The molecule has 1 aromatic rings. The molecule has 0 spiro atoms. The number of carbonyl (C=O) groups excluding carboxylic acids is 1. The minimum Gasteiger partial charge on any atom is -0.396 e. The van der Waals surface area contributed by atoms with E-state index in [1.54, 1.807) is 4.90 Å². The van der Waals surface area contributed by atoms with Crippen molar-refractivity contribution >= 4 is 23.2 Å². The lowest BCUT2D eigenvalue weighted by Gasteiger charge is -2.16. The molecule has 0 bridgehead atoms. The van der Waals surface area contributed by atoms with Gasteiger partial charge in [-0.15, -0.1) is 0 Å². The zero-order valence-corrected chi connectivity index (χ0v) is 11.4. The van der Waals surface area contributed by atoms with E-state index in [1.807, 2.05) is 0 Å². The first-order chi connectivity index (χ1) is 9.52. The Morgan fingerprint density at radius 2 is 2.40 bits per heavy atom. The largest absolute Gasteiger partial charge is 0.396 e. The molecule has 7 nitrogen and oxygen atoms in total. The average molecular weight is 300 g/mol. The van der Waals surface area contributed by atoms with Crippen molar-refractivity contribution in [2.75, 3.05) is 19.7 Å². The van der Waals surface area contributed by atoms with Crippen molar-refractivity contribution in [2.45, 2.75) is 12.8 Å². The molecule has 1 N–H and O–H groups in total. The van der Waals surface area contributed by atoms with Crippen LogP contribution in [0.2, 0.25) is 5.15 Å². The third-order valence-corrected chi connectivity index (χ3v) is 3.59. The maximum atomic E-state index is 12.3. The number of amides is 1. The number of hydrogen-bond acceptors (Lipinski definition) is 5. The van der Waals surface area contributed by atoms with Gasteiger partial charge in [0.1, 0.15) is 16.9 Å². The molecular formula is C12H14ClN3O4. The topological polar surface area (TPSA) is 96.6 Å². The van der Waals surface area contributed by atoms with E-state index in [-0.39, 0.29) is 28.9 Å². The standard InChI is InChI=1S/C12H14ClN3O4/c13-11-5-9(10(6-14-11)16(19)20)12(18)15-3-1-8(7-15)2-4-17/h5-6,8,17H,1-4,7H2. The fourth-order valence-electron chi connectivity index (χ4n) is 2.35. The van der Waals surface area contributed by atoms with Crippen molar-refractivity contribution in [2.24, 2.45) is 5.92 Å². The first-order valence-electron chi connectivity index (χ1n) is 6.23. The van der Waals surface area contributed by atoms with Crippen molar-refractivity contribution in [1.82, 2.24) is 9.88 Å². The van der Waals surface area contributed by atoms with Crippen LogP contribution in [-0.2, 0) is 0 Å². The fourth-order valence-corrected chi connectivity index (χ4v) is 2.50. The van der Waals surface area contributed by atoms with E-state index in [0.717, 1.165) is 12.6 Å². The van der Waals surface area contributed by atoms with Crippen LogP contribution in [0.1, 0.15) is 23.2 Å². The summed E-state index contributed by atoms with van der Waals surface area (Å²) in [4.78, 5) is 27.8. The second kappa shape index (κ2) is 6.15. The molecule has 108 valence electrons. The number of nitro groups is 1. The molecule has 1 aliphatic heterocycles. The van der Waals surface area contributed by atoms with E-state index in [2.05, 4.69) is 4.98 Å². The first-order valence-corrected chi connectivity index (χ1v) is 6.60. The summed E-state index contributed by atoms with van der Waals surface area (Å²) >= 11 is 5.71. The summed E-state index contributed by atoms with van der Waals surface area (Å²) in [5.74, 6) is -0.179. The van der Waals surface area contributed by atoms with Crippen LogP contribution in [0.25, 0.3) is 0 Å². The molecule has 0 radical (unpaired) electrons. The molecule has 1 saturated heterocycles. The minimum absolute atomic E-state index is 0.0420. The molecule has 1 aliphatic rings. The Balaban J connectivity index is 2.21. The maximum Gasteiger partial charge on any atom is 0.300 e. The van der Waals surface area contributed by atoms with E-state index >= 15 is 0 Å². The molecule has 1 aromatic heterocycles. The minimum atomic E-state index is -0.641. The number of aliphatic hydroxyl groups excluding tert-OH is 1. The highest BCUT2D eigenvalue weighted by molar-refractivity contribution is 6.29. The number of nitrogens with zero attached hydrogens (tertiary/aromatic N) is 3. The van der Waals surface area contributed by atoms with Crippen LogP contribution < -0.4 is 0 Å². The van der Waals surface area contributed by atoms with Gasteiger partial charge in [0.15, 0.2) is 0 Å². The predicted octanol–water partition coefficient (Wildman–Crippen LogP) is 1.49. The van der Waals surface area contributed by atoms with Crippen LogP contribution >= 0.6 is 11.6 Å². The first kappa shape index (κ1) is 14.7. The van der Waals surface area contributed by atoms with Gasteiger partial charge in [-0.05, 0) is 24.8 Å². The number of likely N-dealkylation sites (tertiary alicyclic amines) is 1. The number of hydrogen-bond donors (Lipinski definition) is 1. The lowest BCUT2D eigenvalue weighted by Crippen LogP contribution is -2.29. The van der Waals surface area contributed by atoms with Crippen molar-refractivity contribution in [3.63, 3.8) is 0 Å². The third kappa shape index (κ3) is 3.05. The SMILES string of the molecule is O=C(c1cc(Cl)ncc1[N+](=O)[O-])N1CCC(CCO)C1. The Bertz CT molecular complexity index is 537. The molecule has 0 saturated carbocycles. The van der Waals surface area contributed by atoms with Gasteiger partial charge in [-0.25, -0.2) is 4.98 Å². The van der Waals surface area contributed by atoms with Gasteiger partial charge in [-0.1, -0.05) is 11.6 Å². The van der Waals surface area contributed by atoms with Gasteiger partial charge in [0.2, 0.25) is 0 Å². The van der Waals surface area contributed by atoms with Gasteiger partial charge in [0, 0.05) is 19.7 Å². The Morgan fingerprint density at radius 3 is 3.05 bits per heavy atom. The smallest absolute Gasteiger partial charge is 0.300 e. The normalized spacial score (nSPS) is 18.3. The highest BCUT2D eigenvalue weighted by atomic mass is 35.5. The Hall–Kier alpha value is -1.73. The molecule has 20 heavy (non-hydrogen) atoms. The molecule has 2 heterocycles. The van der Waals surface area contributed by atoms with E-state index in [0.29, 0.717) is 19.5 Å². The van der Waals surface area contributed by atoms with Crippen LogP contribution in [0.15, 0.2) is 12.3 Å². The zero-order chi connectivity index (χ0) is 14.7. The van der Waals surface area contributed by atoms with Crippen LogP contribution in [0.5, 0.6) is 0 Å². The van der Waals surface area contributed by atoms with Crippen molar-refractivity contribution in [3.05, 3.63) is 33.1 Å². The number of halogens is 1. The molecule has 0 aromatic carbocycles. The third-order valence-electron chi connectivity index (χ3n) is 3.39. The lowest BCUT2D eigenvalue weighted by atomic mass is 10.1. The average Bonchev–Trinajstić information content (AvgIpc) is 2.86. The summed E-state index contributed by atoms with van der Waals surface area (Å²) < 4.78 is 0. The number of aliphatic hydroxyl groups is 1. The lowest BCUT2D eigenvalue weighted by molar-refractivity contribution is -0.385. The molecule has 1 fully saturated rings. The number of carbonyl (C=O) groups is 1. The molecule has 8 heteroatoms. The zero-order valence-electron chi connectivity index (χ0n) is 10.7. The highest BCUT2D eigenvalue weighted by Crippen LogP contribution is 2.26. The summed E-state index contributed by atoms with van der Waals surface area (Å²) in [5.41, 5.74) is -0.385. The van der Waals surface area contributed by atoms with E-state index in [1.165, 1.54) is 6.07 Å². The van der Waals surface area contributed by atoms with Gasteiger partial charge in [-0.3, -0.25) is 14.9 Å². The summed E-state index contributed by atoms with van der Waals surface area (Å²) in [5, 5.41) is 19.9. The Morgan fingerprint density at radius 1 is 1.65 bits per heavy atom.